The van der Waals surface area contributed by atoms with E-state index in [1.165, 1.54) is 6.42 Å². The Balaban J connectivity index is 2.40. The van der Waals surface area contributed by atoms with Gasteiger partial charge in [0, 0.05) is 32.2 Å². The highest BCUT2D eigenvalue weighted by molar-refractivity contribution is 4.84. The second-order valence-corrected chi connectivity index (χ2v) is 6.67. The van der Waals surface area contributed by atoms with Gasteiger partial charge in [0.15, 0.2) is 0 Å². The van der Waals surface area contributed by atoms with Gasteiger partial charge in [-0.1, -0.05) is 27.7 Å². The molecular formula is C14H30N2O. The first kappa shape index (κ1) is 14.9. The SMILES string of the molecule is CC1CC(C)CN(CC(C)(O)CNC(C)C)C1. The molecule has 3 heteroatoms. The van der Waals surface area contributed by atoms with Crippen LogP contribution in [0.25, 0.3) is 0 Å². The van der Waals surface area contributed by atoms with Crippen LogP contribution in [0.3, 0.4) is 0 Å². The zero-order valence-corrected chi connectivity index (χ0v) is 12.2. The maximum Gasteiger partial charge on any atom is 0.0869 e. The fourth-order valence-electron chi connectivity index (χ4n) is 2.88. The second-order valence-electron chi connectivity index (χ2n) is 6.67. The molecule has 0 saturated carbocycles. The van der Waals surface area contributed by atoms with Crippen molar-refractivity contribution in [3.05, 3.63) is 0 Å². The number of hydrogen-bond acceptors (Lipinski definition) is 3. The lowest BCUT2D eigenvalue weighted by Crippen LogP contribution is -2.51. The van der Waals surface area contributed by atoms with Crippen molar-refractivity contribution >= 4 is 0 Å². The van der Waals surface area contributed by atoms with Crippen LogP contribution in [0.5, 0.6) is 0 Å². The van der Waals surface area contributed by atoms with Gasteiger partial charge in [0.05, 0.1) is 5.60 Å². The van der Waals surface area contributed by atoms with E-state index in [4.69, 9.17) is 0 Å². The molecule has 0 spiro atoms. The summed E-state index contributed by atoms with van der Waals surface area (Å²) >= 11 is 0. The first-order chi connectivity index (χ1) is 7.78. The van der Waals surface area contributed by atoms with Crippen LogP contribution in [-0.4, -0.2) is 47.8 Å². The molecule has 0 bridgehead atoms. The van der Waals surface area contributed by atoms with E-state index in [2.05, 4.69) is 37.9 Å². The number of aliphatic hydroxyl groups is 1. The van der Waals surface area contributed by atoms with Crippen LogP contribution in [-0.2, 0) is 0 Å². The number of nitrogens with zero attached hydrogens (tertiary/aromatic N) is 1. The number of likely N-dealkylation sites (tertiary alicyclic amines) is 1. The van der Waals surface area contributed by atoms with Crippen LogP contribution >= 0.6 is 0 Å². The lowest BCUT2D eigenvalue weighted by molar-refractivity contribution is -0.0000151. The Hall–Kier alpha value is -0.120. The van der Waals surface area contributed by atoms with Crippen LogP contribution < -0.4 is 5.32 Å². The molecule has 1 heterocycles. The molecule has 1 saturated heterocycles. The quantitative estimate of drug-likeness (QED) is 0.770. The number of piperidine rings is 1. The van der Waals surface area contributed by atoms with E-state index in [1.807, 2.05) is 6.92 Å². The highest BCUT2D eigenvalue weighted by atomic mass is 16.3. The fraction of sp³-hybridized carbons (Fsp3) is 1.00. The van der Waals surface area contributed by atoms with E-state index in [0.717, 1.165) is 31.5 Å². The summed E-state index contributed by atoms with van der Waals surface area (Å²) in [7, 11) is 0. The van der Waals surface area contributed by atoms with Gasteiger partial charge in [-0.05, 0) is 25.2 Å². The minimum absolute atomic E-state index is 0.431. The Morgan fingerprint density at radius 2 is 1.82 bits per heavy atom. The smallest absolute Gasteiger partial charge is 0.0869 e. The van der Waals surface area contributed by atoms with Crippen LogP contribution in [0.15, 0.2) is 0 Å². The summed E-state index contributed by atoms with van der Waals surface area (Å²) in [6, 6.07) is 0.431. The van der Waals surface area contributed by atoms with Crippen molar-refractivity contribution in [1.82, 2.24) is 10.2 Å². The number of β-amino-alcohol motifs (C(OH)–C–C–N with tert-alkyl or cyclic N) is 1. The second kappa shape index (κ2) is 6.17. The molecule has 3 atom stereocenters. The van der Waals surface area contributed by atoms with E-state index < -0.39 is 5.60 Å². The molecule has 0 radical (unpaired) electrons. The lowest BCUT2D eigenvalue weighted by atomic mass is 9.91. The third kappa shape index (κ3) is 5.84. The van der Waals surface area contributed by atoms with Gasteiger partial charge >= 0.3 is 0 Å². The summed E-state index contributed by atoms with van der Waals surface area (Å²) in [5.41, 5.74) is -0.624. The van der Waals surface area contributed by atoms with Crippen molar-refractivity contribution < 1.29 is 5.11 Å². The van der Waals surface area contributed by atoms with E-state index in [9.17, 15) is 5.11 Å². The first-order valence-corrected chi connectivity index (χ1v) is 6.96. The van der Waals surface area contributed by atoms with Gasteiger partial charge in [0.1, 0.15) is 0 Å². The molecule has 102 valence electrons. The maximum atomic E-state index is 10.4. The number of rotatable bonds is 5. The summed E-state index contributed by atoms with van der Waals surface area (Å²) in [6.07, 6.45) is 1.32. The Morgan fingerprint density at radius 3 is 2.29 bits per heavy atom. The molecule has 2 N–H and O–H groups in total. The molecule has 3 unspecified atom stereocenters. The third-order valence-electron chi connectivity index (χ3n) is 3.40. The minimum atomic E-state index is -0.624. The molecule has 0 aromatic rings. The summed E-state index contributed by atoms with van der Waals surface area (Å²) < 4.78 is 0. The highest BCUT2D eigenvalue weighted by Gasteiger charge is 2.28. The van der Waals surface area contributed by atoms with Gasteiger partial charge in [0.25, 0.3) is 0 Å². The Bertz CT molecular complexity index is 218. The van der Waals surface area contributed by atoms with Crippen molar-refractivity contribution in [2.75, 3.05) is 26.2 Å². The fourth-order valence-corrected chi connectivity index (χ4v) is 2.88. The maximum absolute atomic E-state index is 10.4. The molecular weight excluding hydrogens is 212 g/mol. The van der Waals surface area contributed by atoms with E-state index >= 15 is 0 Å². The molecule has 1 fully saturated rings. The van der Waals surface area contributed by atoms with Crippen LogP contribution in [0.2, 0.25) is 0 Å². The van der Waals surface area contributed by atoms with Crippen LogP contribution in [0, 0.1) is 11.8 Å². The molecule has 0 aliphatic carbocycles. The summed E-state index contributed by atoms with van der Waals surface area (Å²) in [5.74, 6) is 1.51. The molecule has 0 aromatic carbocycles. The summed E-state index contributed by atoms with van der Waals surface area (Å²) in [6.45, 7) is 14.5. The zero-order valence-electron chi connectivity index (χ0n) is 12.2. The number of nitrogens with one attached hydrogen (secondary N) is 1. The minimum Gasteiger partial charge on any atom is -0.388 e. The van der Waals surface area contributed by atoms with Crippen molar-refractivity contribution in [2.45, 2.75) is 52.7 Å². The molecule has 17 heavy (non-hydrogen) atoms. The van der Waals surface area contributed by atoms with E-state index in [1.54, 1.807) is 0 Å². The standard InChI is InChI=1S/C14H30N2O/c1-11(2)15-9-14(5,17)10-16-7-12(3)6-13(4)8-16/h11-13,15,17H,6-10H2,1-5H3. The predicted molar refractivity (Wildman–Crippen MR) is 73.1 cm³/mol. The molecule has 3 nitrogen and oxygen atoms in total. The van der Waals surface area contributed by atoms with Crippen molar-refractivity contribution in [2.24, 2.45) is 11.8 Å². The van der Waals surface area contributed by atoms with Crippen molar-refractivity contribution in [1.29, 1.82) is 0 Å². The first-order valence-electron chi connectivity index (χ1n) is 6.96. The van der Waals surface area contributed by atoms with Gasteiger partial charge < -0.3 is 10.4 Å². The molecule has 0 aromatic heterocycles. The van der Waals surface area contributed by atoms with Crippen LogP contribution in [0.1, 0.15) is 41.0 Å². The average Bonchev–Trinajstić information content (AvgIpc) is 2.12. The highest BCUT2D eigenvalue weighted by Crippen LogP contribution is 2.22. The largest absolute Gasteiger partial charge is 0.388 e. The lowest BCUT2D eigenvalue weighted by Gasteiger charge is -2.39. The van der Waals surface area contributed by atoms with E-state index in [-0.39, 0.29) is 0 Å². The topological polar surface area (TPSA) is 35.5 Å². The number of hydrogen-bond donors (Lipinski definition) is 2. The Labute approximate surface area is 107 Å². The molecule has 0 amide bonds. The van der Waals surface area contributed by atoms with Crippen molar-refractivity contribution in [3.63, 3.8) is 0 Å². The van der Waals surface area contributed by atoms with Crippen LogP contribution in [0.4, 0.5) is 0 Å². The summed E-state index contributed by atoms with van der Waals surface area (Å²) in [4.78, 5) is 2.42. The van der Waals surface area contributed by atoms with E-state index in [0.29, 0.717) is 12.6 Å². The Morgan fingerprint density at radius 1 is 1.29 bits per heavy atom. The van der Waals surface area contributed by atoms with Gasteiger partial charge in [-0.3, -0.25) is 4.90 Å². The van der Waals surface area contributed by atoms with Gasteiger partial charge in [0.2, 0.25) is 0 Å². The Kier molecular flexibility index (Phi) is 5.42. The normalized spacial score (nSPS) is 30.5. The van der Waals surface area contributed by atoms with Gasteiger partial charge in [-0.25, -0.2) is 0 Å². The zero-order chi connectivity index (χ0) is 13.1. The van der Waals surface area contributed by atoms with Gasteiger partial charge in [-0.15, -0.1) is 0 Å². The molecule has 1 rings (SSSR count). The molecule has 1 aliphatic heterocycles. The van der Waals surface area contributed by atoms with Crippen molar-refractivity contribution in [3.8, 4) is 0 Å². The average molecular weight is 242 g/mol. The van der Waals surface area contributed by atoms with Gasteiger partial charge in [-0.2, -0.15) is 0 Å². The summed E-state index contributed by atoms with van der Waals surface area (Å²) in [5, 5.41) is 13.7. The monoisotopic (exact) mass is 242 g/mol. The molecule has 1 aliphatic rings. The predicted octanol–water partition coefficient (Wildman–Crippen LogP) is 1.71. The third-order valence-corrected chi connectivity index (χ3v) is 3.40.